The van der Waals surface area contributed by atoms with Crippen molar-refractivity contribution in [3.63, 3.8) is 0 Å². The van der Waals surface area contributed by atoms with Gasteiger partial charge in [-0.25, -0.2) is 0 Å². The van der Waals surface area contributed by atoms with Gasteiger partial charge in [0.2, 0.25) is 0 Å². The monoisotopic (exact) mass is 203 g/mol. The predicted molar refractivity (Wildman–Crippen MR) is 55.2 cm³/mol. The summed E-state index contributed by atoms with van der Waals surface area (Å²) in [6.07, 6.45) is 2.76. The van der Waals surface area contributed by atoms with Gasteiger partial charge in [-0.15, -0.1) is 0 Å². The van der Waals surface area contributed by atoms with Gasteiger partial charge in [-0.2, -0.15) is 11.8 Å². The van der Waals surface area contributed by atoms with E-state index in [2.05, 4.69) is 12.2 Å². The van der Waals surface area contributed by atoms with E-state index in [-0.39, 0.29) is 6.42 Å². The first-order valence-corrected chi connectivity index (χ1v) is 5.67. The van der Waals surface area contributed by atoms with Gasteiger partial charge in [-0.1, -0.05) is 0 Å². The van der Waals surface area contributed by atoms with Crippen molar-refractivity contribution in [1.82, 2.24) is 5.32 Å². The Morgan fingerprint density at radius 3 is 3.00 bits per heavy atom. The molecule has 13 heavy (non-hydrogen) atoms. The second kappa shape index (κ2) is 4.86. The highest BCUT2D eigenvalue weighted by molar-refractivity contribution is 8.00. The zero-order valence-corrected chi connectivity index (χ0v) is 8.82. The Balaban J connectivity index is 2.07. The summed E-state index contributed by atoms with van der Waals surface area (Å²) in [5, 5.41) is 11.6. The molecule has 1 saturated heterocycles. The van der Waals surface area contributed by atoms with Crippen molar-refractivity contribution in [3.05, 3.63) is 0 Å². The second-order valence-corrected chi connectivity index (χ2v) is 5.40. The molecule has 0 amide bonds. The number of hydrogen-bond donors (Lipinski definition) is 2. The second-order valence-electron chi connectivity index (χ2n) is 3.72. The summed E-state index contributed by atoms with van der Waals surface area (Å²) in [7, 11) is 0. The molecule has 0 aliphatic carbocycles. The first-order valence-electron chi connectivity index (χ1n) is 4.69. The lowest BCUT2D eigenvalue weighted by Crippen LogP contribution is -2.33. The van der Waals surface area contributed by atoms with Crippen LogP contribution in [0.1, 0.15) is 26.2 Å². The number of rotatable bonds is 5. The van der Waals surface area contributed by atoms with E-state index < -0.39 is 5.97 Å². The molecule has 0 aromatic rings. The molecule has 1 aliphatic rings. The molecule has 1 aliphatic heterocycles. The smallest absolute Gasteiger partial charge is 0.304 e. The van der Waals surface area contributed by atoms with Gasteiger partial charge in [0.1, 0.15) is 0 Å². The standard InChI is InChI=1S/C9H17NO2S/c1-9(4-2-6-13-9)7-10-5-3-8(11)12/h10H,2-7H2,1H3,(H,11,12). The third-order valence-electron chi connectivity index (χ3n) is 2.32. The number of carboxylic acids is 1. The van der Waals surface area contributed by atoms with Gasteiger partial charge in [0, 0.05) is 17.8 Å². The minimum atomic E-state index is -0.725. The highest BCUT2D eigenvalue weighted by Gasteiger charge is 2.28. The number of hydrogen-bond acceptors (Lipinski definition) is 3. The maximum Gasteiger partial charge on any atom is 0.304 e. The SMILES string of the molecule is CC1(CNCCC(=O)O)CCCS1. The van der Waals surface area contributed by atoms with Crippen molar-refractivity contribution in [2.75, 3.05) is 18.8 Å². The molecule has 0 radical (unpaired) electrons. The van der Waals surface area contributed by atoms with Gasteiger partial charge < -0.3 is 10.4 Å². The molecule has 1 rings (SSSR count). The fourth-order valence-electron chi connectivity index (χ4n) is 1.52. The topological polar surface area (TPSA) is 49.3 Å². The largest absolute Gasteiger partial charge is 0.481 e. The molecular formula is C9H17NO2S. The average molecular weight is 203 g/mol. The first-order chi connectivity index (χ1) is 6.12. The molecule has 4 heteroatoms. The van der Waals surface area contributed by atoms with E-state index in [4.69, 9.17) is 5.11 Å². The van der Waals surface area contributed by atoms with Gasteiger partial charge in [-0.05, 0) is 25.5 Å². The van der Waals surface area contributed by atoms with Crippen LogP contribution >= 0.6 is 11.8 Å². The van der Waals surface area contributed by atoms with Gasteiger partial charge in [-0.3, -0.25) is 4.79 Å². The predicted octanol–water partition coefficient (Wildman–Crippen LogP) is 1.34. The molecule has 2 N–H and O–H groups in total. The first kappa shape index (κ1) is 10.9. The van der Waals surface area contributed by atoms with Crippen molar-refractivity contribution in [2.45, 2.75) is 30.9 Å². The number of nitrogens with one attached hydrogen (secondary N) is 1. The van der Waals surface area contributed by atoms with E-state index in [1.807, 2.05) is 11.8 Å². The molecule has 1 unspecified atom stereocenters. The lowest BCUT2D eigenvalue weighted by Gasteiger charge is -2.22. The lowest BCUT2D eigenvalue weighted by atomic mass is 10.1. The van der Waals surface area contributed by atoms with E-state index in [9.17, 15) is 4.79 Å². The van der Waals surface area contributed by atoms with Gasteiger partial charge in [0.05, 0.1) is 6.42 Å². The number of aliphatic carboxylic acids is 1. The van der Waals surface area contributed by atoms with Crippen molar-refractivity contribution < 1.29 is 9.90 Å². The van der Waals surface area contributed by atoms with Gasteiger partial charge in [0.15, 0.2) is 0 Å². The van der Waals surface area contributed by atoms with Crippen LogP contribution in [-0.4, -0.2) is 34.7 Å². The van der Waals surface area contributed by atoms with Crippen molar-refractivity contribution in [1.29, 1.82) is 0 Å². The van der Waals surface area contributed by atoms with E-state index in [1.54, 1.807) is 0 Å². The summed E-state index contributed by atoms with van der Waals surface area (Å²) in [6.45, 7) is 3.77. The Kier molecular flexibility index (Phi) is 4.06. The van der Waals surface area contributed by atoms with Crippen LogP contribution in [0.25, 0.3) is 0 Å². The van der Waals surface area contributed by atoms with Crippen LogP contribution in [0.15, 0.2) is 0 Å². The quantitative estimate of drug-likeness (QED) is 0.662. The summed E-state index contributed by atoms with van der Waals surface area (Å²) in [6, 6.07) is 0. The highest BCUT2D eigenvalue weighted by Crippen LogP contribution is 2.36. The van der Waals surface area contributed by atoms with Crippen molar-refractivity contribution in [2.24, 2.45) is 0 Å². The Morgan fingerprint density at radius 1 is 1.69 bits per heavy atom. The minimum Gasteiger partial charge on any atom is -0.481 e. The van der Waals surface area contributed by atoms with Crippen LogP contribution in [0, 0.1) is 0 Å². The van der Waals surface area contributed by atoms with Crippen LogP contribution < -0.4 is 5.32 Å². The normalized spacial score (nSPS) is 27.8. The van der Waals surface area contributed by atoms with E-state index in [0.29, 0.717) is 11.3 Å². The summed E-state index contributed by atoms with van der Waals surface area (Å²) in [5.41, 5.74) is 0. The fraction of sp³-hybridized carbons (Fsp3) is 0.889. The zero-order chi connectivity index (χ0) is 9.73. The van der Waals surface area contributed by atoms with Crippen molar-refractivity contribution >= 4 is 17.7 Å². The third-order valence-corrected chi connectivity index (χ3v) is 3.85. The third kappa shape index (κ3) is 4.00. The van der Waals surface area contributed by atoms with Crippen LogP contribution in [0.4, 0.5) is 0 Å². The summed E-state index contributed by atoms with van der Waals surface area (Å²) in [4.78, 5) is 10.2. The lowest BCUT2D eigenvalue weighted by molar-refractivity contribution is -0.136. The minimum absolute atomic E-state index is 0.223. The van der Waals surface area contributed by atoms with Crippen LogP contribution in [0.5, 0.6) is 0 Å². The van der Waals surface area contributed by atoms with Crippen LogP contribution in [0.2, 0.25) is 0 Å². The number of carboxylic acid groups (broad SMARTS) is 1. The number of carbonyl (C=O) groups is 1. The average Bonchev–Trinajstić information content (AvgIpc) is 2.47. The molecule has 0 saturated carbocycles. The molecule has 1 heterocycles. The molecular weight excluding hydrogens is 186 g/mol. The molecule has 76 valence electrons. The Morgan fingerprint density at radius 2 is 2.46 bits per heavy atom. The molecule has 0 bridgehead atoms. The van der Waals surface area contributed by atoms with Crippen molar-refractivity contribution in [3.8, 4) is 0 Å². The van der Waals surface area contributed by atoms with Crippen LogP contribution in [-0.2, 0) is 4.79 Å². The van der Waals surface area contributed by atoms with E-state index in [0.717, 1.165) is 6.54 Å². The molecule has 3 nitrogen and oxygen atoms in total. The molecule has 0 aromatic heterocycles. The zero-order valence-electron chi connectivity index (χ0n) is 8.01. The Bertz CT molecular complexity index is 178. The maximum absolute atomic E-state index is 10.2. The van der Waals surface area contributed by atoms with Gasteiger partial charge >= 0.3 is 5.97 Å². The molecule has 1 atom stereocenters. The molecule has 1 fully saturated rings. The summed E-state index contributed by atoms with van der Waals surface area (Å²) in [5.74, 6) is 0.522. The Labute approximate surface area is 83.3 Å². The van der Waals surface area contributed by atoms with Gasteiger partial charge in [0.25, 0.3) is 0 Å². The summed E-state index contributed by atoms with van der Waals surface area (Å²) >= 11 is 1.99. The van der Waals surface area contributed by atoms with Crippen LogP contribution in [0.3, 0.4) is 0 Å². The Hall–Kier alpha value is -0.220. The number of thioether (sulfide) groups is 1. The fourth-order valence-corrected chi connectivity index (χ4v) is 2.80. The molecule has 0 spiro atoms. The van der Waals surface area contributed by atoms with E-state index in [1.165, 1.54) is 18.6 Å². The maximum atomic E-state index is 10.2. The molecule has 0 aromatic carbocycles. The highest BCUT2D eigenvalue weighted by atomic mass is 32.2. The summed E-state index contributed by atoms with van der Waals surface area (Å²) < 4.78 is 0.346. The van der Waals surface area contributed by atoms with E-state index >= 15 is 0 Å².